The Bertz CT molecular complexity index is 538. The van der Waals surface area contributed by atoms with E-state index in [-0.39, 0.29) is 6.10 Å². The van der Waals surface area contributed by atoms with Gasteiger partial charge in [-0.05, 0) is 66.2 Å². The number of nitriles is 1. The van der Waals surface area contributed by atoms with E-state index in [1.807, 2.05) is 6.07 Å². The quantitative estimate of drug-likeness (QED) is 0.864. The summed E-state index contributed by atoms with van der Waals surface area (Å²) < 4.78 is 0.862. The fourth-order valence-electron chi connectivity index (χ4n) is 3.58. The van der Waals surface area contributed by atoms with Crippen LogP contribution in [0.4, 0.5) is 5.69 Å². The van der Waals surface area contributed by atoms with Crippen molar-refractivity contribution in [2.75, 3.05) is 4.90 Å². The molecule has 0 amide bonds. The van der Waals surface area contributed by atoms with E-state index in [9.17, 15) is 5.11 Å². The van der Waals surface area contributed by atoms with Gasteiger partial charge in [0.1, 0.15) is 6.07 Å². The lowest BCUT2D eigenvalue weighted by Gasteiger charge is -2.40. The topological polar surface area (TPSA) is 47.3 Å². The van der Waals surface area contributed by atoms with Crippen molar-refractivity contribution in [2.24, 2.45) is 0 Å². The summed E-state index contributed by atoms with van der Waals surface area (Å²) in [4.78, 5) is 2.47. The highest BCUT2D eigenvalue weighted by molar-refractivity contribution is 9.10. The van der Waals surface area contributed by atoms with Crippen LogP contribution in [0.2, 0.25) is 0 Å². The van der Waals surface area contributed by atoms with Crippen LogP contribution in [0, 0.1) is 18.3 Å². The van der Waals surface area contributed by atoms with Gasteiger partial charge < -0.3 is 10.0 Å². The Hall–Kier alpha value is -1.05. The van der Waals surface area contributed by atoms with Crippen molar-refractivity contribution in [3.8, 4) is 6.07 Å². The Kier molecular flexibility index (Phi) is 3.28. The normalized spacial score (nSPS) is 29.4. The molecule has 3 atom stereocenters. The molecule has 0 radical (unpaired) electrons. The lowest BCUT2D eigenvalue weighted by molar-refractivity contribution is 0.126. The largest absolute Gasteiger partial charge is 0.393 e. The molecule has 0 aromatic heterocycles. The van der Waals surface area contributed by atoms with Gasteiger partial charge in [0.25, 0.3) is 0 Å². The van der Waals surface area contributed by atoms with E-state index >= 15 is 0 Å². The number of aryl methyl sites for hydroxylation is 1. The first-order valence-electron chi connectivity index (χ1n) is 6.76. The number of aliphatic hydroxyl groups excluding tert-OH is 1. The number of fused-ring (bicyclic) bond motifs is 2. The van der Waals surface area contributed by atoms with Gasteiger partial charge in [0.15, 0.2) is 0 Å². The molecular formula is C15H17BrN2O. The molecule has 100 valence electrons. The fourth-order valence-corrected chi connectivity index (χ4v) is 4.00. The van der Waals surface area contributed by atoms with Crippen LogP contribution >= 0.6 is 15.9 Å². The van der Waals surface area contributed by atoms with Gasteiger partial charge in [-0.3, -0.25) is 0 Å². The second-order valence-corrected chi connectivity index (χ2v) is 6.50. The average Bonchev–Trinajstić information content (AvgIpc) is 2.63. The second kappa shape index (κ2) is 4.81. The van der Waals surface area contributed by atoms with E-state index in [4.69, 9.17) is 5.26 Å². The highest BCUT2D eigenvalue weighted by atomic mass is 79.9. The molecule has 2 heterocycles. The zero-order chi connectivity index (χ0) is 13.6. The first-order chi connectivity index (χ1) is 9.10. The van der Waals surface area contributed by atoms with Gasteiger partial charge in [0.05, 0.1) is 11.7 Å². The number of hydrogen-bond acceptors (Lipinski definition) is 3. The number of halogens is 1. The molecule has 0 unspecified atom stereocenters. The summed E-state index contributed by atoms with van der Waals surface area (Å²) in [5, 5.41) is 19.0. The minimum atomic E-state index is -0.143. The molecule has 0 saturated carbocycles. The first-order valence-corrected chi connectivity index (χ1v) is 7.56. The monoisotopic (exact) mass is 320 g/mol. The molecule has 1 N–H and O–H groups in total. The minimum absolute atomic E-state index is 0.143. The minimum Gasteiger partial charge on any atom is -0.393 e. The van der Waals surface area contributed by atoms with E-state index in [1.165, 1.54) is 18.5 Å². The van der Waals surface area contributed by atoms with Crippen LogP contribution in [0.3, 0.4) is 0 Å². The van der Waals surface area contributed by atoms with Gasteiger partial charge in [-0.15, -0.1) is 0 Å². The van der Waals surface area contributed by atoms with Crippen LogP contribution in [0.15, 0.2) is 16.6 Å². The lowest BCUT2D eigenvalue weighted by Crippen LogP contribution is -2.45. The number of nitrogens with zero attached hydrogens (tertiary/aromatic N) is 2. The van der Waals surface area contributed by atoms with Crippen molar-refractivity contribution in [1.29, 1.82) is 5.26 Å². The molecule has 2 saturated heterocycles. The summed E-state index contributed by atoms with van der Waals surface area (Å²) in [7, 11) is 0. The molecule has 1 aromatic rings. The van der Waals surface area contributed by atoms with Crippen molar-refractivity contribution >= 4 is 21.6 Å². The van der Waals surface area contributed by atoms with Gasteiger partial charge >= 0.3 is 0 Å². The highest BCUT2D eigenvalue weighted by Crippen LogP contribution is 2.41. The summed E-state index contributed by atoms with van der Waals surface area (Å²) >= 11 is 3.48. The Morgan fingerprint density at radius 1 is 1.32 bits per heavy atom. The van der Waals surface area contributed by atoms with Crippen LogP contribution < -0.4 is 4.90 Å². The highest BCUT2D eigenvalue weighted by Gasteiger charge is 2.40. The Labute approximate surface area is 122 Å². The smallest absolute Gasteiger partial charge is 0.100 e. The maximum atomic E-state index is 9.88. The van der Waals surface area contributed by atoms with E-state index in [0.29, 0.717) is 17.6 Å². The van der Waals surface area contributed by atoms with Gasteiger partial charge in [-0.2, -0.15) is 5.26 Å². The molecule has 0 aliphatic carbocycles. The standard InChI is InChI=1S/C15H17BrN2O/c1-9-4-10(8-17)14(16)7-15(9)18-11-2-3-12(18)6-13(19)5-11/h4,7,11-13,19H,2-3,5-6H2,1H3/t11-,12+,13+. The Morgan fingerprint density at radius 3 is 2.53 bits per heavy atom. The summed E-state index contributed by atoms with van der Waals surface area (Å²) in [6, 6.07) is 7.12. The third-order valence-corrected chi connectivity index (χ3v) is 5.05. The van der Waals surface area contributed by atoms with E-state index in [1.54, 1.807) is 0 Å². The third-order valence-electron chi connectivity index (χ3n) is 4.39. The summed E-state index contributed by atoms with van der Waals surface area (Å²) in [5.74, 6) is 0. The maximum Gasteiger partial charge on any atom is 0.100 e. The predicted molar refractivity (Wildman–Crippen MR) is 78.1 cm³/mol. The van der Waals surface area contributed by atoms with Gasteiger partial charge in [0, 0.05) is 22.2 Å². The maximum absolute atomic E-state index is 9.88. The van der Waals surface area contributed by atoms with Crippen LogP contribution in [0.5, 0.6) is 0 Å². The van der Waals surface area contributed by atoms with E-state index in [2.05, 4.69) is 39.9 Å². The van der Waals surface area contributed by atoms with Crippen LogP contribution in [-0.4, -0.2) is 23.3 Å². The van der Waals surface area contributed by atoms with Crippen LogP contribution in [0.1, 0.15) is 36.8 Å². The Balaban J connectivity index is 2.00. The average molecular weight is 321 g/mol. The molecule has 2 bridgehead atoms. The number of rotatable bonds is 1. The van der Waals surface area contributed by atoms with Crippen molar-refractivity contribution in [2.45, 2.75) is 50.8 Å². The third kappa shape index (κ3) is 2.15. The van der Waals surface area contributed by atoms with Crippen molar-refractivity contribution in [1.82, 2.24) is 0 Å². The van der Waals surface area contributed by atoms with Gasteiger partial charge in [-0.1, -0.05) is 0 Å². The molecule has 1 aromatic carbocycles. The molecule has 3 nitrogen and oxygen atoms in total. The number of benzene rings is 1. The molecule has 2 aliphatic heterocycles. The van der Waals surface area contributed by atoms with E-state index < -0.39 is 0 Å². The molecule has 3 rings (SSSR count). The predicted octanol–water partition coefficient (Wildman–Crippen LogP) is 3.12. The molecule has 2 aliphatic rings. The molecule has 19 heavy (non-hydrogen) atoms. The van der Waals surface area contributed by atoms with Gasteiger partial charge in [-0.25, -0.2) is 0 Å². The second-order valence-electron chi connectivity index (χ2n) is 5.65. The van der Waals surface area contributed by atoms with Crippen molar-refractivity contribution in [3.63, 3.8) is 0 Å². The number of hydrogen-bond donors (Lipinski definition) is 1. The fraction of sp³-hybridized carbons (Fsp3) is 0.533. The molecule has 2 fully saturated rings. The summed E-state index contributed by atoms with van der Waals surface area (Å²) in [6.07, 6.45) is 3.93. The summed E-state index contributed by atoms with van der Waals surface area (Å²) in [6.45, 7) is 2.06. The van der Waals surface area contributed by atoms with E-state index in [0.717, 1.165) is 22.9 Å². The van der Waals surface area contributed by atoms with Crippen molar-refractivity contribution < 1.29 is 5.11 Å². The number of piperidine rings is 1. The molecule has 4 heteroatoms. The Morgan fingerprint density at radius 2 is 1.95 bits per heavy atom. The molecular weight excluding hydrogens is 304 g/mol. The van der Waals surface area contributed by atoms with Crippen molar-refractivity contribution in [3.05, 3.63) is 27.7 Å². The zero-order valence-corrected chi connectivity index (χ0v) is 12.5. The molecule has 0 spiro atoms. The number of anilines is 1. The van der Waals surface area contributed by atoms with Crippen LogP contribution in [0.25, 0.3) is 0 Å². The van der Waals surface area contributed by atoms with Crippen LogP contribution in [-0.2, 0) is 0 Å². The lowest BCUT2D eigenvalue weighted by atomic mass is 9.97. The summed E-state index contributed by atoms with van der Waals surface area (Å²) in [5.41, 5.74) is 3.05. The SMILES string of the molecule is Cc1cc(C#N)c(Br)cc1N1[C@@H]2CC[C@H]1C[C@@H](O)C2. The first kappa shape index (κ1) is 13.0. The van der Waals surface area contributed by atoms with Gasteiger partial charge in [0.2, 0.25) is 0 Å². The number of aliphatic hydroxyl groups is 1. The zero-order valence-electron chi connectivity index (χ0n) is 10.9.